The van der Waals surface area contributed by atoms with Crippen molar-refractivity contribution in [1.82, 2.24) is 4.90 Å². The van der Waals surface area contributed by atoms with Gasteiger partial charge in [-0.3, -0.25) is 14.5 Å². The maximum Gasteiger partial charge on any atom is 0.306 e. The molecule has 1 atom stereocenters. The number of rotatable bonds is 6. The van der Waals surface area contributed by atoms with Crippen molar-refractivity contribution < 1.29 is 24.2 Å². The Bertz CT molecular complexity index is 885. The van der Waals surface area contributed by atoms with Gasteiger partial charge in [-0.05, 0) is 43.6 Å². The molecule has 0 bridgehead atoms. The van der Waals surface area contributed by atoms with Crippen LogP contribution in [0.15, 0.2) is 39.5 Å². The Morgan fingerprint density at radius 2 is 1.96 bits per heavy atom. The molecule has 7 nitrogen and oxygen atoms in total. The van der Waals surface area contributed by atoms with Gasteiger partial charge in [-0.1, -0.05) is 18.6 Å². The highest BCUT2D eigenvalue weighted by Crippen LogP contribution is 2.34. The first-order valence-corrected chi connectivity index (χ1v) is 9.42. The first-order chi connectivity index (χ1) is 13.5. The highest BCUT2D eigenvalue weighted by molar-refractivity contribution is 5.71. The van der Waals surface area contributed by atoms with E-state index < -0.39 is 23.1 Å². The number of esters is 1. The fraction of sp³-hybridized carbons (Fsp3) is 0.429. The van der Waals surface area contributed by atoms with Crippen LogP contribution >= 0.6 is 0 Å². The lowest BCUT2D eigenvalue weighted by Crippen LogP contribution is -2.29. The molecule has 1 aliphatic heterocycles. The number of aromatic hydroxyl groups is 2. The first-order valence-electron chi connectivity index (χ1n) is 9.42. The minimum atomic E-state index is -0.756. The maximum atomic E-state index is 12.4. The summed E-state index contributed by atoms with van der Waals surface area (Å²) in [5.41, 5.74) is -0.0118. The molecule has 2 heterocycles. The van der Waals surface area contributed by atoms with Gasteiger partial charge in [0.25, 0.3) is 0 Å². The van der Waals surface area contributed by atoms with Crippen LogP contribution in [0.3, 0.4) is 0 Å². The van der Waals surface area contributed by atoms with E-state index in [9.17, 15) is 19.8 Å². The van der Waals surface area contributed by atoms with Crippen LogP contribution in [0.1, 0.15) is 48.7 Å². The molecule has 1 aromatic carbocycles. The number of phenols is 1. The maximum absolute atomic E-state index is 12.4. The fourth-order valence-electron chi connectivity index (χ4n) is 3.56. The Morgan fingerprint density at radius 3 is 2.64 bits per heavy atom. The molecule has 0 unspecified atom stereocenters. The van der Waals surface area contributed by atoms with Crippen molar-refractivity contribution in [2.45, 2.75) is 38.1 Å². The molecule has 1 saturated heterocycles. The Kier molecular flexibility index (Phi) is 6.36. The van der Waals surface area contributed by atoms with Crippen LogP contribution in [0.25, 0.3) is 0 Å². The molecule has 150 valence electrons. The summed E-state index contributed by atoms with van der Waals surface area (Å²) in [5, 5.41) is 20.2. The molecule has 2 aromatic rings. The molecule has 0 amide bonds. The number of piperidine rings is 1. The molecular weight excluding hydrogens is 362 g/mol. The van der Waals surface area contributed by atoms with Crippen molar-refractivity contribution in [2.75, 3.05) is 20.2 Å². The normalized spacial score (nSPS) is 15.9. The summed E-state index contributed by atoms with van der Waals surface area (Å²) >= 11 is 0. The van der Waals surface area contributed by atoms with E-state index in [2.05, 4.69) is 4.90 Å². The van der Waals surface area contributed by atoms with Crippen molar-refractivity contribution in [3.8, 4) is 11.5 Å². The molecule has 7 heteroatoms. The summed E-state index contributed by atoms with van der Waals surface area (Å²) in [4.78, 5) is 26.5. The van der Waals surface area contributed by atoms with Crippen molar-refractivity contribution in [2.24, 2.45) is 0 Å². The van der Waals surface area contributed by atoms with Gasteiger partial charge in [0.15, 0.2) is 5.76 Å². The molecule has 1 fully saturated rings. The molecule has 3 rings (SSSR count). The number of phenolic OH excluding ortho intramolecular Hbond substituents is 1. The lowest BCUT2D eigenvalue weighted by molar-refractivity contribution is -0.140. The zero-order chi connectivity index (χ0) is 20.1. The van der Waals surface area contributed by atoms with Crippen molar-refractivity contribution in [3.63, 3.8) is 0 Å². The third kappa shape index (κ3) is 4.72. The van der Waals surface area contributed by atoms with Gasteiger partial charge >= 0.3 is 5.97 Å². The topological polar surface area (TPSA) is 100 Å². The molecule has 0 aliphatic carbocycles. The predicted molar refractivity (Wildman–Crippen MR) is 102 cm³/mol. The SMILES string of the molecule is COC(=O)C[C@H](c1cccc(O)c1)c1oc(CN2CCCCC2)cc(=O)c1O. The van der Waals surface area contributed by atoms with Crippen molar-refractivity contribution >= 4 is 5.97 Å². The number of nitrogens with zero attached hydrogens (tertiary/aromatic N) is 1. The second-order valence-electron chi connectivity index (χ2n) is 7.05. The number of methoxy groups -OCH3 is 1. The van der Waals surface area contributed by atoms with E-state index in [1.54, 1.807) is 12.1 Å². The molecule has 1 aliphatic rings. The second-order valence-corrected chi connectivity index (χ2v) is 7.05. The van der Waals surface area contributed by atoms with E-state index in [-0.39, 0.29) is 17.9 Å². The van der Waals surface area contributed by atoms with E-state index in [4.69, 9.17) is 9.15 Å². The minimum Gasteiger partial charge on any atom is -0.508 e. The van der Waals surface area contributed by atoms with E-state index in [0.29, 0.717) is 17.9 Å². The van der Waals surface area contributed by atoms with Crippen LogP contribution in [-0.2, 0) is 16.1 Å². The molecule has 0 radical (unpaired) electrons. The number of hydrogen-bond acceptors (Lipinski definition) is 7. The number of likely N-dealkylation sites (tertiary alicyclic amines) is 1. The summed E-state index contributed by atoms with van der Waals surface area (Å²) in [7, 11) is 1.27. The zero-order valence-corrected chi connectivity index (χ0v) is 15.9. The minimum absolute atomic E-state index is 0.00973. The lowest BCUT2D eigenvalue weighted by atomic mass is 9.92. The Labute approximate surface area is 163 Å². The van der Waals surface area contributed by atoms with Gasteiger partial charge in [0.05, 0.1) is 26.0 Å². The second kappa shape index (κ2) is 8.93. The largest absolute Gasteiger partial charge is 0.508 e. The van der Waals surface area contributed by atoms with Gasteiger partial charge in [-0.15, -0.1) is 0 Å². The van der Waals surface area contributed by atoms with Gasteiger partial charge in [0, 0.05) is 6.07 Å². The molecule has 0 spiro atoms. The highest BCUT2D eigenvalue weighted by atomic mass is 16.5. The zero-order valence-electron chi connectivity index (χ0n) is 15.9. The summed E-state index contributed by atoms with van der Waals surface area (Å²) < 4.78 is 10.7. The molecule has 0 saturated carbocycles. The van der Waals surface area contributed by atoms with Crippen LogP contribution in [0.5, 0.6) is 11.5 Å². The van der Waals surface area contributed by atoms with Crippen LogP contribution < -0.4 is 5.43 Å². The van der Waals surface area contributed by atoms with Crippen molar-refractivity contribution in [1.29, 1.82) is 0 Å². The quantitative estimate of drug-likeness (QED) is 0.735. The van der Waals surface area contributed by atoms with Gasteiger partial charge in [-0.25, -0.2) is 0 Å². The van der Waals surface area contributed by atoms with Crippen LogP contribution in [0.2, 0.25) is 0 Å². The number of carbonyl (C=O) groups excluding carboxylic acids is 1. The summed E-state index contributed by atoms with van der Waals surface area (Å²) in [6.07, 6.45) is 3.26. The monoisotopic (exact) mass is 387 g/mol. The molecule has 2 N–H and O–H groups in total. The van der Waals surface area contributed by atoms with Crippen LogP contribution in [-0.4, -0.2) is 41.3 Å². The molecular formula is C21H25NO6. The average Bonchev–Trinajstić information content (AvgIpc) is 2.69. The number of benzene rings is 1. The summed E-state index contributed by atoms with van der Waals surface area (Å²) in [6.45, 7) is 2.32. The smallest absolute Gasteiger partial charge is 0.306 e. The predicted octanol–water partition coefficient (Wildman–Crippen LogP) is 2.73. The van der Waals surface area contributed by atoms with E-state index in [1.165, 1.54) is 31.7 Å². The first kappa shape index (κ1) is 19.9. The molecule has 1 aromatic heterocycles. The number of hydrogen-bond donors (Lipinski definition) is 2. The molecule has 28 heavy (non-hydrogen) atoms. The van der Waals surface area contributed by atoms with Crippen molar-refractivity contribution in [3.05, 3.63) is 57.6 Å². The third-order valence-electron chi connectivity index (χ3n) is 5.02. The fourth-order valence-corrected chi connectivity index (χ4v) is 3.56. The van der Waals surface area contributed by atoms with Gasteiger partial charge in [-0.2, -0.15) is 0 Å². The van der Waals surface area contributed by atoms with Gasteiger partial charge < -0.3 is 19.4 Å². The Hall–Kier alpha value is -2.80. The summed E-state index contributed by atoms with van der Waals surface area (Å²) in [6, 6.07) is 7.60. The van der Waals surface area contributed by atoms with E-state index in [0.717, 1.165) is 25.9 Å². The lowest BCUT2D eigenvalue weighted by Gasteiger charge is -2.26. The van der Waals surface area contributed by atoms with Crippen LogP contribution in [0.4, 0.5) is 0 Å². The standard InChI is InChI=1S/C21H25NO6/c1-27-19(25)12-17(14-6-5-7-15(23)10-14)21-20(26)18(24)11-16(28-21)13-22-8-3-2-4-9-22/h5-7,10-11,17,23,26H,2-4,8-9,12-13H2,1H3/t17-/m1/s1. The van der Waals surface area contributed by atoms with Gasteiger partial charge in [0.2, 0.25) is 11.2 Å². The number of ether oxygens (including phenoxy) is 1. The van der Waals surface area contributed by atoms with E-state index in [1.807, 2.05) is 0 Å². The average molecular weight is 387 g/mol. The summed E-state index contributed by atoms with van der Waals surface area (Å²) in [5.74, 6) is -1.34. The van der Waals surface area contributed by atoms with Crippen LogP contribution in [0, 0.1) is 0 Å². The third-order valence-corrected chi connectivity index (χ3v) is 5.02. The highest BCUT2D eigenvalue weighted by Gasteiger charge is 2.27. The van der Waals surface area contributed by atoms with E-state index >= 15 is 0 Å². The Balaban J connectivity index is 2.00. The number of carbonyl (C=O) groups is 1. The van der Waals surface area contributed by atoms with Gasteiger partial charge in [0.1, 0.15) is 11.5 Å². The Morgan fingerprint density at radius 1 is 1.21 bits per heavy atom.